The van der Waals surface area contributed by atoms with Gasteiger partial charge in [-0.2, -0.15) is 5.10 Å². The van der Waals surface area contributed by atoms with Crippen molar-refractivity contribution in [2.24, 2.45) is 14.1 Å². The van der Waals surface area contributed by atoms with Crippen molar-refractivity contribution >= 4 is 62.2 Å². The van der Waals surface area contributed by atoms with E-state index >= 15 is 4.79 Å². The third-order valence-corrected chi connectivity index (χ3v) is 13.1. The van der Waals surface area contributed by atoms with Crippen LogP contribution >= 0.6 is 23.2 Å². The number of aromatic nitrogens is 7. The Balaban J connectivity index is 1.13. The third kappa shape index (κ3) is 7.12. The molecule has 320 valence electrons. The molecule has 14 heteroatoms. The molecule has 0 radical (unpaired) electrons. The summed E-state index contributed by atoms with van der Waals surface area (Å²) < 4.78 is 25.3. The zero-order valence-corrected chi connectivity index (χ0v) is 37.9. The molecule has 0 saturated heterocycles. The van der Waals surface area contributed by atoms with Crippen LogP contribution in [0.2, 0.25) is 10.0 Å². The number of ether oxygens (including phenoxy) is 3. The highest BCUT2D eigenvalue weighted by atomic mass is 35.5. The summed E-state index contributed by atoms with van der Waals surface area (Å²) in [5.74, 6) is 1.30. The molecule has 1 aliphatic rings. The van der Waals surface area contributed by atoms with Gasteiger partial charge in [-0.1, -0.05) is 35.3 Å². The monoisotopic (exact) mass is 872 g/mol. The van der Waals surface area contributed by atoms with Crippen molar-refractivity contribution in [3.8, 4) is 28.3 Å². The van der Waals surface area contributed by atoms with Crippen LogP contribution in [0.25, 0.3) is 50.0 Å². The summed E-state index contributed by atoms with van der Waals surface area (Å²) in [5, 5.41) is 12.9. The average molecular weight is 874 g/mol. The molecule has 0 fully saturated rings. The minimum atomic E-state index is -0.104. The fourth-order valence-corrected chi connectivity index (χ4v) is 9.54. The second-order valence-corrected chi connectivity index (χ2v) is 17.2. The van der Waals surface area contributed by atoms with Gasteiger partial charge in [-0.15, -0.1) is 5.10 Å². The lowest BCUT2D eigenvalue weighted by molar-refractivity contribution is 0.0619. The van der Waals surface area contributed by atoms with E-state index < -0.39 is 0 Å². The normalized spacial score (nSPS) is 14.3. The number of carbonyl (C=O) groups excluding carboxylic acids is 1. The van der Waals surface area contributed by atoms with E-state index in [-0.39, 0.29) is 11.9 Å². The lowest BCUT2D eigenvalue weighted by Crippen LogP contribution is -2.42. The van der Waals surface area contributed by atoms with Crippen molar-refractivity contribution in [3.63, 3.8) is 0 Å². The first kappa shape index (κ1) is 41.7. The van der Waals surface area contributed by atoms with Gasteiger partial charge in [0.1, 0.15) is 11.4 Å². The Morgan fingerprint density at radius 2 is 1.69 bits per heavy atom. The SMILES string of the molecule is COCCOCc1cccn2nc(-c3ccc4c(c3)c(N3C[C@@H](C)n5c(c(CCCOc6cc(C)c(Cl)c(C)c6)c6ccc(Cl)c(-c7c(C)nn(C)c7C)c65)C3=O)cn4C)nc12. The maximum atomic E-state index is 15.4. The second kappa shape index (κ2) is 16.6. The van der Waals surface area contributed by atoms with E-state index in [4.69, 9.17) is 52.6 Å². The van der Waals surface area contributed by atoms with E-state index in [0.29, 0.717) is 62.4 Å². The van der Waals surface area contributed by atoms with E-state index in [2.05, 4.69) is 47.4 Å². The fourth-order valence-electron chi connectivity index (χ4n) is 9.18. The lowest BCUT2D eigenvalue weighted by atomic mass is 9.98. The Hall–Kier alpha value is -5.66. The van der Waals surface area contributed by atoms with Gasteiger partial charge in [0.2, 0.25) is 0 Å². The number of aryl methyl sites for hydroxylation is 6. The van der Waals surface area contributed by atoms with Crippen molar-refractivity contribution in [1.29, 1.82) is 0 Å². The van der Waals surface area contributed by atoms with Crippen LogP contribution in [0.15, 0.2) is 67.0 Å². The van der Waals surface area contributed by atoms with E-state index in [0.717, 1.165) is 94.2 Å². The Labute approximate surface area is 370 Å². The quantitative estimate of drug-likeness (QED) is 0.106. The predicted octanol–water partition coefficient (Wildman–Crippen LogP) is 10.2. The van der Waals surface area contributed by atoms with Crippen LogP contribution in [0, 0.1) is 27.7 Å². The second-order valence-electron chi connectivity index (χ2n) is 16.4. The van der Waals surface area contributed by atoms with Crippen LogP contribution in [0.1, 0.15) is 63.5 Å². The summed E-state index contributed by atoms with van der Waals surface area (Å²) >= 11 is 13.6. The lowest BCUT2D eigenvalue weighted by Gasteiger charge is -2.34. The number of fused-ring (bicyclic) bond motifs is 5. The predicted molar refractivity (Wildman–Crippen MR) is 246 cm³/mol. The molecule has 0 unspecified atom stereocenters. The Bertz CT molecular complexity index is 3030. The molecule has 5 aromatic heterocycles. The number of halogens is 2. The van der Waals surface area contributed by atoms with E-state index in [1.54, 1.807) is 11.6 Å². The molecular weight excluding hydrogens is 823 g/mol. The largest absolute Gasteiger partial charge is 0.494 e. The van der Waals surface area contributed by atoms with E-state index in [1.165, 1.54) is 0 Å². The van der Waals surface area contributed by atoms with Gasteiger partial charge in [0.05, 0.1) is 48.3 Å². The summed E-state index contributed by atoms with van der Waals surface area (Å²) in [6, 6.07) is 18.0. The molecule has 0 aliphatic carbocycles. The van der Waals surface area contributed by atoms with Crippen LogP contribution in [0.5, 0.6) is 5.75 Å². The molecule has 0 spiro atoms. The molecule has 3 aromatic carbocycles. The minimum absolute atomic E-state index is 0.0669. The van der Waals surface area contributed by atoms with Crippen molar-refractivity contribution < 1.29 is 19.0 Å². The van der Waals surface area contributed by atoms with Gasteiger partial charge >= 0.3 is 0 Å². The highest BCUT2D eigenvalue weighted by molar-refractivity contribution is 6.35. The number of hydrogen-bond donors (Lipinski definition) is 0. The van der Waals surface area contributed by atoms with E-state index in [1.807, 2.05) is 87.0 Å². The van der Waals surface area contributed by atoms with Crippen molar-refractivity contribution in [3.05, 3.63) is 116 Å². The molecule has 9 rings (SSSR count). The number of hydrogen-bond acceptors (Lipinski definition) is 7. The number of amides is 1. The summed E-state index contributed by atoms with van der Waals surface area (Å²) in [7, 11) is 5.62. The fraction of sp³-hybridized carbons (Fsp3) is 0.333. The number of rotatable bonds is 13. The standard InChI is InChI=1S/C48H50Cl2N8O4/c1-27-21-34(22-28(2)43(27)50)62-18-10-12-35-36-14-15-38(49)42(41-30(4)52-55(7)31(41)5)44(36)58-29(3)24-56(48(59)45(35)58)40-25-54(6)39-16-13-32(23-37(39)40)46-51-47-33(26-61-20-19-60-8)11-9-17-57(47)53-46/h9,11,13-17,21-23,25,29H,10,12,18-20,24,26H2,1-8H3/t29-/m1/s1. The van der Waals surface area contributed by atoms with Crippen LogP contribution in [0.3, 0.4) is 0 Å². The highest BCUT2D eigenvalue weighted by Crippen LogP contribution is 2.46. The maximum Gasteiger partial charge on any atom is 0.275 e. The molecule has 0 saturated carbocycles. The zero-order valence-electron chi connectivity index (χ0n) is 36.3. The van der Waals surface area contributed by atoms with Crippen LogP contribution < -0.4 is 9.64 Å². The molecule has 0 bridgehead atoms. The number of pyridine rings is 1. The molecule has 1 aliphatic heterocycles. The van der Waals surface area contributed by atoms with Crippen LogP contribution in [-0.2, 0) is 36.6 Å². The molecule has 1 atom stereocenters. The number of methoxy groups -OCH3 is 1. The van der Waals surface area contributed by atoms with Gasteiger partial charge in [-0.3, -0.25) is 9.48 Å². The summed E-state index contributed by atoms with van der Waals surface area (Å²) in [4.78, 5) is 22.3. The van der Waals surface area contributed by atoms with Crippen molar-refractivity contribution in [2.75, 3.05) is 38.4 Å². The number of benzene rings is 3. The van der Waals surface area contributed by atoms with Crippen molar-refractivity contribution in [1.82, 2.24) is 33.5 Å². The molecule has 12 nitrogen and oxygen atoms in total. The molecule has 1 amide bonds. The van der Waals surface area contributed by atoms with E-state index in [9.17, 15) is 0 Å². The molecule has 6 heterocycles. The Morgan fingerprint density at radius 3 is 2.44 bits per heavy atom. The van der Waals surface area contributed by atoms with Gasteiger partial charge in [-0.25, -0.2) is 9.50 Å². The first-order valence-electron chi connectivity index (χ1n) is 20.9. The zero-order chi connectivity index (χ0) is 43.6. The average Bonchev–Trinajstić information content (AvgIpc) is 3.99. The first-order chi connectivity index (χ1) is 29.9. The Morgan fingerprint density at radius 1 is 0.903 bits per heavy atom. The minimum Gasteiger partial charge on any atom is -0.494 e. The first-order valence-corrected chi connectivity index (χ1v) is 21.7. The van der Waals surface area contributed by atoms with Gasteiger partial charge in [0, 0.05) is 95.4 Å². The summed E-state index contributed by atoms with van der Waals surface area (Å²) in [5.41, 5.74) is 12.6. The van der Waals surface area contributed by atoms with Gasteiger partial charge in [0.25, 0.3) is 5.91 Å². The summed E-state index contributed by atoms with van der Waals surface area (Å²) in [6.07, 6.45) is 5.24. The smallest absolute Gasteiger partial charge is 0.275 e. The maximum absolute atomic E-state index is 15.4. The van der Waals surface area contributed by atoms with Gasteiger partial charge in [-0.05, 0) is 107 Å². The number of carbonyl (C=O) groups is 1. The Kier molecular flexibility index (Phi) is 11.1. The number of nitrogens with zero attached hydrogens (tertiary/aromatic N) is 8. The van der Waals surface area contributed by atoms with Crippen LogP contribution in [-0.4, -0.2) is 72.9 Å². The molecule has 62 heavy (non-hydrogen) atoms. The van der Waals surface area contributed by atoms with Gasteiger partial charge in [0.15, 0.2) is 11.5 Å². The topological polar surface area (TPSA) is 106 Å². The molecule has 8 aromatic rings. The molecular formula is C48H50Cl2N8O4. The molecule has 0 N–H and O–H groups in total. The van der Waals surface area contributed by atoms with Crippen molar-refractivity contribution in [2.45, 2.75) is 60.1 Å². The van der Waals surface area contributed by atoms with Crippen LogP contribution in [0.4, 0.5) is 5.69 Å². The van der Waals surface area contributed by atoms with Gasteiger partial charge < -0.3 is 28.2 Å². The summed E-state index contributed by atoms with van der Waals surface area (Å²) in [6.45, 7) is 12.5. The number of anilines is 1. The highest BCUT2D eigenvalue weighted by Gasteiger charge is 2.38. The third-order valence-electron chi connectivity index (χ3n) is 12.2.